The van der Waals surface area contributed by atoms with E-state index >= 15 is 0 Å². The van der Waals surface area contributed by atoms with Crippen LogP contribution in [0.15, 0.2) is 35.3 Å². The number of rotatable bonds is 8. The highest BCUT2D eigenvalue weighted by Crippen LogP contribution is 2.13. The molecule has 3 aromatic rings. The van der Waals surface area contributed by atoms with Crippen molar-refractivity contribution in [3.05, 3.63) is 52.2 Å². The zero-order chi connectivity index (χ0) is 24.0. The first-order chi connectivity index (χ1) is 15.8. The molecule has 3 amide bonds. The number of aryl methyl sites for hydroxylation is 1. The third kappa shape index (κ3) is 5.59. The van der Waals surface area contributed by atoms with E-state index in [1.807, 2.05) is 0 Å². The maximum atomic E-state index is 12.8. The molecule has 2 aromatic heterocycles. The van der Waals surface area contributed by atoms with Crippen molar-refractivity contribution in [1.29, 1.82) is 0 Å². The van der Waals surface area contributed by atoms with E-state index in [4.69, 9.17) is 0 Å². The summed E-state index contributed by atoms with van der Waals surface area (Å²) in [4.78, 5) is 51.0. The van der Waals surface area contributed by atoms with Crippen molar-refractivity contribution in [2.75, 3.05) is 14.1 Å². The summed E-state index contributed by atoms with van der Waals surface area (Å²) >= 11 is 0. The Hall–Kier alpha value is -4.09. The summed E-state index contributed by atoms with van der Waals surface area (Å²) in [5.74, 6) is -1.61. The van der Waals surface area contributed by atoms with Gasteiger partial charge >= 0.3 is 0 Å². The van der Waals surface area contributed by atoms with Crippen molar-refractivity contribution in [3.63, 3.8) is 0 Å². The molecule has 0 bridgehead atoms. The van der Waals surface area contributed by atoms with Gasteiger partial charge in [0.1, 0.15) is 6.54 Å². The van der Waals surface area contributed by atoms with Crippen LogP contribution in [-0.2, 0) is 17.9 Å². The number of unbranched alkanes of at least 4 members (excludes halogenated alkanes) is 2. The van der Waals surface area contributed by atoms with Crippen molar-refractivity contribution in [1.82, 2.24) is 40.5 Å². The maximum absolute atomic E-state index is 12.8. The molecule has 0 unspecified atom stereocenters. The van der Waals surface area contributed by atoms with Gasteiger partial charge in [-0.15, -0.1) is 5.10 Å². The van der Waals surface area contributed by atoms with Gasteiger partial charge in [0.05, 0.1) is 11.6 Å². The number of benzene rings is 1. The van der Waals surface area contributed by atoms with E-state index in [9.17, 15) is 19.2 Å². The van der Waals surface area contributed by atoms with Crippen LogP contribution in [0.4, 0.5) is 0 Å². The molecule has 0 radical (unpaired) electrons. The first kappa shape index (κ1) is 23.6. The molecular formula is C21H26N8O4. The third-order valence-corrected chi connectivity index (χ3v) is 4.91. The molecule has 2 N–H and O–H groups in total. The second kappa shape index (κ2) is 10.5. The summed E-state index contributed by atoms with van der Waals surface area (Å²) in [7, 11) is 3.21. The SMILES string of the molecule is CCCCCn1nc(C(=O)NNC(=O)c2cn(CC(=O)N(C)C)nn2)c2ccccc2c1=O. The van der Waals surface area contributed by atoms with Gasteiger partial charge in [-0.25, -0.2) is 9.36 Å². The van der Waals surface area contributed by atoms with Crippen molar-refractivity contribution >= 4 is 28.5 Å². The van der Waals surface area contributed by atoms with Crippen LogP contribution < -0.4 is 16.4 Å². The molecule has 0 aliphatic rings. The van der Waals surface area contributed by atoms with Crippen LogP contribution in [0, 0.1) is 0 Å². The van der Waals surface area contributed by atoms with Gasteiger partial charge in [0, 0.05) is 26.0 Å². The third-order valence-electron chi connectivity index (χ3n) is 4.91. The minimum Gasteiger partial charge on any atom is -0.347 e. The van der Waals surface area contributed by atoms with Gasteiger partial charge in [-0.2, -0.15) is 5.10 Å². The van der Waals surface area contributed by atoms with Crippen molar-refractivity contribution in [2.24, 2.45) is 0 Å². The Morgan fingerprint density at radius 2 is 1.73 bits per heavy atom. The second-order valence-corrected chi connectivity index (χ2v) is 7.63. The predicted molar refractivity (Wildman–Crippen MR) is 119 cm³/mol. The lowest BCUT2D eigenvalue weighted by atomic mass is 10.1. The summed E-state index contributed by atoms with van der Waals surface area (Å²) in [6.07, 6.45) is 3.96. The Bertz CT molecular complexity index is 1230. The van der Waals surface area contributed by atoms with Crippen LogP contribution >= 0.6 is 0 Å². The van der Waals surface area contributed by atoms with E-state index in [2.05, 4.69) is 33.2 Å². The van der Waals surface area contributed by atoms with Crippen LogP contribution in [0.3, 0.4) is 0 Å². The molecule has 33 heavy (non-hydrogen) atoms. The Labute approximate surface area is 189 Å². The molecule has 0 spiro atoms. The molecule has 0 aliphatic carbocycles. The van der Waals surface area contributed by atoms with Crippen molar-refractivity contribution in [2.45, 2.75) is 39.3 Å². The second-order valence-electron chi connectivity index (χ2n) is 7.63. The number of nitrogens with one attached hydrogen (secondary N) is 2. The number of fused-ring (bicyclic) bond motifs is 1. The largest absolute Gasteiger partial charge is 0.347 e. The number of carbonyl (C=O) groups excluding carboxylic acids is 3. The van der Waals surface area contributed by atoms with Gasteiger partial charge in [-0.05, 0) is 12.5 Å². The van der Waals surface area contributed by atoms with E-state index in [0.29, 0.717) is 17.3 Å². The number of hydrogen-bond acceptors (Lipinski definition) is 7. The Kier molecular flexibility index (Phi) is 7.49. The molecule has 12 heteroatoms. The summed E-state index contributed by atoms with van der Waals surface area (Å²) in [6.45, 7) is 2.37. The van der Waals surface area contributed by atoms with E-state index in [0.717, 1.165) is 19.3 Å². The molecule has 0 aliphatic heterocycles. The first-order valence-corrected chi connectivity index (χ1v) is 10.5. The monoisotopic (exact) mass is 454 g/mol. The summed E-state index contributed by atoms with van der Waals surface area (Å²) in [6, 6.07) is 6.68. The normalized spacial score (nSPS) is 10.8. The lowest BCUT2D eigenvalue weighted by molar-refractivity contribution is -0.129. The average Bonchev–Trinajstić information content (AvgIpc) is 3.27. The van der Waals surface area contributed by atoms with Crippen LogP contribution in [0.25, 0.3) is 10.8 Å². The first-order valence-electron chi connectivity index (χ1n) is 10.5. The minimum absolute atomic E-state index is 0.0160. The Morgan fingerprint density at radius 3 is 2.42 bits per heavy atom. The highest BCUT2D eigenvalue weighted by Gasteiger charge is 2.19. The van der Waals surface area contributed by atoms with E-state index in [1.54, 1.807) is 38.4 Å². The molecule has 0 saturated heterocycles. The quantitative estimate of drug-likeness (QED) is 0.369. The highest BCUT2D eigenvalue weighted by molar-refractivity contribution is 6.05. The van der Waals surface area contributed by atoms with Crippen LogP contribution in [0.5, 0.6) is 0 Å². The molecule has 0 fully saturated rings. The van der Waals surface area contributed by atoms with Crippen LogP contribution in [-0.4, -0.2) is 61.5 Å². The van der Waals surface area contributed by atoms with Crippen molar-refractivity contribution in [3.8, 4) is 0 Å². The topological polar surface area (TPSA) is 144 Å². The number of hydrazine groups is 1. The highest BCUT2D eigenvalue weighted by atomic mass is 16.2. The van der Waals surface area contributed by atoms with Crippen LogP contribution in [0.2, 0.25) is 0 Å². The summed E-state index contributed by atoms with van der Waals surface area (Å²) < 4.78 is 2.50. The fourth-order valence-corrected chi connectivity index (χ4v) is 3.06. The summed E-state index contributed by atoms with van der Waals surface area (Å²) in [5, 5.41) is 12.4. The van der Waals surface area contributed by atoms with Gasteiger partial charge in [-0.3, -0.25) is 30.0 Å². The fourth-order valence-electron chi connectivity index (χ4n) is 3.06. The zero-order valence-corrected chi connectivity index (χ0v) is 18.7. The number of aromatic nitrogens is 5. The number of likely N-dealkylation sites (N-methyl/N-ethyl adjacent to an activating group) is 1. The Morgan fingerprint density at radius 1 is 1.03 bits per heavy atom. The van der Waals surface area contributed by atoms with Gasteiger partial charge in [0.25, 0.3) is 17.4 Å². The number of nitrogens with zero attached hydrogens (tertiary/aromatic N) is 6. The minimum atomic E-state index is -0.715. The molecule has 0 atom stereocenters. The van der Waals surface area contributed by atoms with E-state index in [-0.39, 0.29) is 29.4 Å². The molecule has 1 aromatic carbocycles. The molecule has 174 valence electrons. The molecule has 0 saturated carbocycles. The van der Waals surface area contributed by atoms with Gasteiger partial charge in [0.15, 0.2) is 11.4 Å². The number of carbonyl (C=O) groups is 3. The number of hydrogen-bond donors (Lipinski definition) is 2. The Balaban J connectivity index is 1.75. The predicted octanol–water partition coefficient (Wildman–Crippen LogP) is 0.341. The van der Waals surface area contributed by atoms with Gasteiger partial charge < -0.3 is 4.90 Å². The van der Waals surface area contributed by atoms with Crippen LogP contribution in [0.1, 0.15) is 47.2 Å². The lowest BCUT2D eigenvalue weighted by Gasteiger charge is -2.11. The molecule has 3 rings (SSSR count). The van der Waals surface area contributed by atoms with E-state index < -0.39 is 11.8 Å². The van der Waals surface area contributed by atoms with Gasteiger partial charge in [0.2, 0.25) is 5.91 Å². The molecule has 2 heterocycles. The van der Waals surface area contributed by atoms with E-state index in [1.165, 1.54) is 20.5 Å². The van der Waals surface area contributed by atoms with Crippen molar-refractivity contribution < 1.29 is 14.4 Å². The summed E-state index contributed by atoms with van der Waals surface area (Å²) in [5.41, 5.74) is 4.23. The number of amides is 3. The maximum Gasteiger partial charge on any atom is 0.291 e. The average molecular weight is 454 g/mol. The molecular weight excluding hydrogens is 428 g/mol. The molecule has 12 nitrogen and oxygen atoms in total. The fraction of sp³-hybridized carbons (Fsp3) is 0.381. The lowest BCUT2D eigenvalue weighted by Crippen LogP contribution is -2.43. The zero-order valence-electron chi connectivity index (χ0n) is 18.7. The standard InChI is InChI=1S/C21H26N8O4/c1-4-5-8-11-29-21(33)15-10-7-6-9-14(15)18(25-29)20(32)24-23-19(31)16-12-28(26-22-16)13-17(30)27(2)3/h6-7,9-10,12H,4-5,8,11,13H2,1-3H3,(H,23,31)(H,24,32). The van der Waals surface area contributed by atoms with Gasteiger partial charge in [-0.1, -0.05) is 43.2 Å². The smallest absolute Gasteiger partial charge is 0.291 e.